The van der Waals surface area contributed by atoms with Crippen LogP contribution < -0.4 is 4.57 Å². The molecule has 1 nitrogen and oxygen atoms in total. The quantitative estimate of drug-likeness (QED) is 0.248. The molecule has 1 aromatic heterocycles. The fraction of sp³-hybridized carbons (Fsp3) is 0.296. The van der Waals surface area contributed by atoms with Gasteiger partial charge in [-0.15, -0.1) is 0 Å². The zero-order valence-corrected chi connectivity index (χ0v) is 18.4. The topological polar surface area (TPSA) is 3.88 Å². The summed E-state index contributed by atoms with van der Waals surface area (Å²) in [6, 6.07) is 14.0. The number of benzene rings is 3. The molecule has 1 heterocycles. The predicted octanol–water partition coefficient (Wildman–Crippen LogP) is 6.85. The predicted molar refractivity (Wildman–Crippen MR) is 121 cm³/mol. The van der Waals surface area contributed by atoms with E-state index in [2.05, 4.69) is 51.3 Å². The molecule has 0 saturated heterocycles. The van der Waals surface area contributed by atoms with Crippen molar-refractivity contribution in [3.63, 3.8) is 0 Å². The van der Waals surface area contributed by atoms with E-state index in [0.29, 0.717) is 11.4 Å². The second-order valence-electron chi connectivity index (χ2n) is 9.16. The molecule has 2 heteroatoms. The summed E-state index contributed by atoms with van der Waals surface area (Å²) in [5.74, 6) is -0.247. The zero-order valence-electron chi connectivity index (χ0n) is 19.4. The molecule has 0 aliphatic carbocycles. The number of fused-ring (bicyclic) bond motifs is 3. The van der Waals surface area contributed by atoms with Crippen molar-refractivity contribution in [2.75, 3.05) is 0 Å². The highest BCUT2D eigenvalue weighted by molar-refractivity contribution is 6.11. The molecule has 0 atom stereocenters. The van der Waals surface area contributed by atoms with E-state index in [1.807, 2.05) is 32.2 Å². The zero-order chi connectivity index (χ0) is 22.0. The molecule has 0 fully saturated rings. The van der Waals surface area contributed by atoms with Crippen LogP contribution in [0.15, 0.2) is 48.5 Å². The Morgan fingerprint density at radius 1 is 0.897 bits per heavy atom. The third-order valence-electron chi connectivity index (χ3n) is 6.20. The minimum absolute atomic E-state index is 0.0296. The lowest BCUT2D eigenvalue weighted by atomic mass is 9.82. The molecule has 0 saturated carbocycles. The second-order valence-corrected chi connectivity index (χ2v) is 9.16. The Kier molecular flexibility index (Phi) is 4.20. The summed E-state index contributed by atoms with van der Waals surface area (Å²) < 4.78 is 25.4. The van der Waals surface area contributed by atoms with Crippen molar-refractivity contribution in [2.45, 2.75) is 47.0 Å². The van der Waals surface area contributed by atoms with Gasteiger partial charge in [0.05, 0.1) is 12.3 Å². The van der Waals surface area contributed by atoms with E-state index in [1.54, 1.807) is 6.07 Å². The van der Waals surface area contributed by atoms with Gasteiger partial charge < -0.3 is 0 Å². The van der Waals surface area contributed by atoms with Crippen LogP contribution in [-0.4, -0.2) is 0 Å². The summed E-state index contributed by atoms with van der Waals surface area (Å²) in [6.07, 6.45) is 0. The largest absolute Gasteiger partial charge is 0.220 e. The van der Waals surface area contributed by atoms with Gasteiger partial charge in [0.25, 0.3) is 0 Å². The molecule has 4 rings (SSSR count). The van der Waals surface area contributed by atoms with Crippen molar-refractivity contribution in [1.82, 2.24) is 0 Å². The first-order valence-corrected chi connectivity index (χ1v) is 10.1. The lowest BCUT2D eigenvalue weighted by Gasteiger charge is -2.22. The van der Waals surface area contributed by atoms with Crippen LogP contribution in [-0.2, 0) is 12.5 Å². The second kappa shape index (κ2) is 6.66. The van der Waals surface area contributed by atoms with Crippen molar-refractivity contribution in [3.8, 4) is 11.3 Å². The van der Waals surface area contributed by atoms with Crippen LogP contribution in [0.25, 0.3) is 32.8 Å². The molecule has 148 valence electrons. The highest BCUT2D eigenvalue weighted by atomic mass is 19.1. The lowest BCUT2D eigenvalue weighted by molar-refractivity contribution is -0.665. The third kappa shape index (κ3) is 3.11. The standard InChI is InChI=1S/C27H29FN/c1-16-13-19(27(4,5)6)15-23(18(16)3)26-22-12-11-21-20(9-8-10-25(21)28)24(22)14-17(2)29(26)7/h8-15H,1-7H3/q+1/i14D. The maximum atomic E-state index is 14.5. The number of nitrogens with zero attached hydrogens (tertiary/aromatic N) is 1. The van der Waals surface area contributed by atoms with Crippen molar-refractivity contribution in [1.29, 1.82) is 0 Å². The van der Waals surface area contributed by atoms with Gasteiger partial charge in [0.1, 0.15) is 12.9 Å². The van der Waals surface area contributed by atoms with Gasteiger partial charge in [-0.3, -0.25) is 0 Å². The van der Waals surface area contributed by atoms with Crippen LogP contribution in [0.2, 0.25) is 0 Å². The first-order valence-electron chi connectivity index (χ1n) is 10.6. The van der Waals surface area contributed by atoms with E-state index in [0.717, 1.165) is 27.5 Å². The smallest absolute Gasteiger partial charge is 0.206 e. The van der Waals surface area contributed by atoms with Gasteiger partial charge in [0.2, 0.25) is 5.69 Å². The number of hydrogen-bond acceptors (Lipinski definition) is 0. The molecule has 0 bridgehead atoms. The van der Waals surface area contributed by atoms with Gasteiger partial charge in [-0.05, 0) is 59.5 Å². The molecule has 29 heavy (non-hydrogen) atoms. The number of aryl methyl sites for hydroxylation is 1. The third-order valence-corrected chi connectivity index (χ3v) is 6.20. The Bertz CT molecular complexity index is 1330. The molecule has 3 aromatic carbocycles. The first-order chi connectivity index (χ1) is 14.0. The Balaban J connectivity index is 2.22. The molecule has 0 spiro atoms. The monoisotopic (exact) mass is 387 g/mol. The molecule has 0 radical (unpaired) electrons. The highest BCUT2D eigenvalue weighted by Crippen LogP contribution is 2.36. The van der Waals surface area contributed by atoms with Gasteiger partial charge in [-0.2, -0.15) is 4.57 Å². The number of pyridine rings is 1. The molecule has 0 amide bonds. The SMILES string of the molecule is [2H]c1c(C)[n+](C)c(-c2cc(C(C)(C)C)cc(C)c2C)c2ccc3c(F)cccc3c12. The van der Waals surface area contributed by atoms with Crippen LogP contribution in [0.4, 0.5) is 4.39 Å². The number of hydrogen-bond donors (Lipinski definition) is 0. The van der Waals surface area contributed by atoms with Crippen LogP contribution >= 0.6 is 0 Å². The van der Waals surface area contributed by atoms with Crippen molar-refractivity contribution >= 4 is 21.5 Å². The molecular formula is C27H29FN+. The van der Waals surface area contributed by atoms with Gasteiger partial charge >= 0.3 is 0 Å². The Morgan fingerprint density at radius 3 is 2.28 bits per heavy atom. The average Bonchev–Trinajstić information content (AvgIpc) is 2.68. The van der Waals surface area contributed by atoms with Gasteiger partial charge in [-0.25, -0.2) is 4.39 Å². The van der Waals surface area contributed by atoms with E-state index in [-0.39, 0.29) is 11.2 Å². The maximum absolute atomic E-state index is 14.5. The van der Waals surface area contributed by atoms with E-state index >= 15 is 0 Å². The lowest BCUT2D eigenvalue weighted by Crippen LogP contribution is -2.35. The van der Waals surface area contributed by atoms with E-state index in [1.165, 1.54) is 28.3 Å². The van der Waals surface area contributed by atoms with E-state index in [4.69, 9.17) is 1.37 Å². The summed E-state index contributed by atoms with van der Waals surface area (Å²) in [5.41, 5.74) is 6.92. The van der Waals surface area contributed by atoms with E-state index < -0.39 is 0 Å². The Hall–Kier alpha value is -2.74. The highest BCUT2D eigenvalue weighted by Gasteiger charge is 2.24. The van der Waals surface area contributed by atoms with Crippen molar-refractivity contribution in [3.05, 3.63) is 76.7 Å². The number of aromatic nitrogens is 1. The molecule has 0 N–H and O–H groups in total. The Morgan fingerprint density at radius 2 is 1.59 bits per heavy atom. The first kappa shape index (κ1) is 18.3. The van der Waals surface area contributed by atoms with Gasteiger partial charge in [-0.1, -0.05) is 45.0 Å². The van der Waals surface area contributed by atoms with Crippen LogP contribution in [0.3, 0.4) is 0 Å². The average molecular weight is 388 g/mol. The summed E-state index contributed by atoms with van der Waals surface area (Å²) in [6.45, 7) is 13.0. The fourth-order valence-corrected chi connectivity index (χ4v) is 4.13. The maximum Gasteiger partial charge on any atom is 0.220 e. The fourth-order valence-electron chi connectivity index (χ4n) is 4.13. The molecule has 0 aliphatic rings. The van der Waals surface area contributed by atoms with Crippen LogP contribution in [0, 0.1) is 26.6 Å². The van der Waals surface area contributed by atoms with E-state index in [9.17, 15) is 4.39 Å². The molecule has 0 unspecified atom stereocenters. The van der Waals surface area contributed by atoms with Crippen LogP contribution in [0.5, 0.6) is 0 Å². The number of rotatable bonds is 1. The van der Waals surface area contributed by atoms with Crippen molar-refractivity contribution in [2.24, 2.45) is 7.05 Å². The summed E-state index contributed by atoms with van der Waals surface area (Å²) in [7, 11) is 2.02. The molecular weight excluding hydrogens is 357 g/mol. The van der Waals surface area contributed by atoms with Gasteiger partial charge in [0, 0.05) is 23.7 Å². The van der Waals surface area contributed by atoms with Crippen molar-refractivity contribution < 1.29 is 10.3 Å². The normalized spacial score (nSPS) is 12.6. The Labute approximate surface area is 174 Å². The minimum Gasteiger partial charge on any atom is -0.206 e. The van der Waals surface area contributed by atoms with Crippen LogP contribution in [0.1, 0.15) is 44.5 Å². The summed E-state index contributed by atoms with van der Waals surface area (Å²) >= 11 is 0. The minimum atomic E-state index is -0.247. The van der Waals surface area contributed by atoms with Gasteiger partial charge in [0.15, 0.2) is 5.69 Å². The summed E-state index contributed by atoms with van der Waals surface area (Å²) in [4.78, 5) is 0. The molecule has 0 aliphatic heterocycles. The molecule has 4 aromatic rings. The summed E-state index contributed by atoms with van der Waals surface area (Å²) in [5, 5.41) is 3.16. The number of halogens is 1.